The third-order valence-corrected chi connectivity index (χ3v) is 4.12. The lowest BCUT2D eigenvalue weighted by Gasteiger charge is -2.04. The number of ether oxygens (including phenoxy) is 1. The fourth-order valence-corrected chi connectivity index (χ4v) is 2.43. The van der Waals surface area contributed by atoms with E-state index < -0.39 is 15.6 Å². The summed E-state index contributed by atoms with van der Waals surface area (Å²) in [6.45, 7) is 1.51. The number of rotatable bonds is 5. The number of allylic oxidation sites excluding steroid dienone is 1. The molecular formula is C14H19NO4S. The summed E-state index contributed by atoms with van der Waals surface area (Å²) in [5, 5.41) is 8.75. The Kier molecular flexibility index (Phi) is 5.91. The summed E-state index contributed by atoms with van der Waals surface area (Å²) in [6, 6.07) is 7.28. The van der Waals surface area contributed by atoms with Gasteiger partial charge in [0.25, 0.3) is 5.91 Å². The van der Waals surface area contributed by atoms with E-state index in [0.29, 0.717) is 11.3 Å². The van der Waals surface area contributed by atoms with E-state index in [4.69, 9.17) is 9.84 Å². The first kappa shape index (κ1) is 16.4. The Morgan fingerprint density at radius 2 is 2.20 bits per heavy atom. The molecule has 0 bridgehead atoms. The number of carbonyl (C=O) groups excluding carboxylic acids is 1. The highest BCUT2D eigenvalue weighted by molar-refractivity contribution is 7.93. The van der Waals surface area contributed by atoms with Gasteiger partial charge in [0, 0.05) is 12.3 Å². The molecule has 0 saturated heterocycles. The predicted octanol–water partition coefficient (Wildman–Crippen LogP) is 1.72. The van der Waals surface area contributed by atoms with Gasteiger partial charge in [-0.15, -0.1) is 0 Å². The van der Waals surface area contributed by atoms with E-state index in [1.54, 1.807) is 20.1 Å². The van der Waals surface area contributed by atoms with Gasteiger partial charge in [-0.1, -0.05) is 12.1 Å². The van der Waals surface area contributed by atoms with Gasteiger partial charge in [0.05, 0.1) is 29.2 Å². The Balaban J connectivity index is 2.99. The second-order valence-electron chi connectivity index (χ2n) is 4.38. The van der Waals surface area contributed by atoms with Gasteiger partial charge in [-0.3, -0.25) is 4.79 Å². The van der Waals surface area contributed by atoms with Crippen molar-refractivity contribution in [1.29, 1.82) is 0 Å². The number of amides is 1. The predicted molar refractivity (Wildman–Crippen MR) is 80.1 cm³/mol. The standard InChI is InChI=1S/C14H19NO4S/c1-11(12-5-4-6-13(10-12)19-2)9-14(17)15-20(3,18)8-7-16/h4-6,9-10,16H,7-8H2,1-3H3/b11-9+. The molecule has 1 aromatic carbocycles. The van der Waals surface area contributed by atoms with Crippen molar-refractivity contribution in [2.75, 3.05) is 25.7 Å². The van der Waals surface area contributed by atoms with Crippen LogP contribution in [0.1, 0.15) is 12.5 Å². The van der Waals surface area contributed by atoms with Gasteiger partial charge in [0.15, 0.2) is 0 Å². The van der Waals surface area contributed by atoms with E-state index in [2.05, 4.69) is 4.36 Å². The third kappa shape index (κ3) is 5.14. The van der Waals surface area contributed by atoms with Gasteiger partial charge in [0.2, 0.25) is 0 Å². The Morgan fingerprint density at radius 3 is 2.80 bits per heavy atom. The zero-order valence-corrected chi connectivity index (χ0v) is 12.6. The number of carbonyl (C=O) groups is 1. The van der Waals surface area contributed by atoms with Crippen molar-refractivity contribution in [3.63, 3.8) is 0 Å². The normalized spacial score (nSPS) is 14.5. The summed E-state index contributed by atoms with van der Waals surface area (Å²) in [6.07, 6.45) is 2.69. The molecule has 0 aliphatic heterocycles. The molecule has 1 atom stereocenters. The monoisotopic (exact) mass is 297 g/mol. The highest BCUT2D eigenvalue weighted by atomic mass is 32.2. The number of hydrogen-bond donors (Lipinski definition) is 1. The zero-order valence-electron chi connectivity index (χ0n) is 11.8. The van der Waals surface area contributed by atoms with Gasteiger partial charge in [-0.2, -0.15) is 4.36 Å². The first-order valence-electron chi connectivity index (χ1n) is 6.05. The van der Waals surface area contributed by atoms with Crippen LogP contribution in [0.5, 0.6) is 5.75 Å². The van der Waals surface area contributed by atoms with Crippen molar-refractivity contribution in [1.82, 2.24) is 0 Å². The lowest BCUT2D eigenvalue weighted by atomic mass is 10.1. The van der Waals surface area contributed by atoms with Crippen LogP contribution in [0.15, 0.2) is 34.7 Å². The van der Waals surface area contributed by atoms with E-state index in [1.807, 2.05) is 18.2 Å². The van der Waals surface area contributed by atoms with E-state index >= 15 is 0 Å². The first-order chi connectivity index (χ1) is 9.38. The average molecular weight is 297 g/mol. The minimum atomic E-state index is -2.67. The largest absolute Gasteiger partial charge is 0.497 e. The van der Waals surface area contributed by atoms with Crippen molar-refractivity contribution in [3.05, 3.63) is 35.9 Å². The molecule has 0 spiro atoms. The van der Waals surface area contributed by atoms with Crippen LogP contribution in [-0.4, -0.2) is 40.9 Å². The maximum atomic E-state index is 11.8. The molecule has 1 amide bonds. The van der Waals surface area contributed by atoms with Crippen LogP contribution in [0, 0.1) is 0 Å². The minimum absolute atomic E-state index is 0.00914. The maximum absolute atomic E-state index is 11.8. The van der Waals surface area contributed by atoms with Crippen LogP contribution < -0.4 is 4.74 Å². The van der Waals surface area contributed by atoms with E-state index in [0.717, 1.165) is 5.56 Å². The lowest BCUT2D eigenvalue weighted by molar-refractivity contribution is -0.113. The minimum Gasteiger partial charge on any atom is -0.497 e. The highest BCUT2D eigenvalue weighted by Gasteiger charge is 2.05. The number of nitrogens with zero attached hydrogens (tertiary/aromatic N) is 1. The van der Waals surface area contributed by atoms with Crippen LogP contribution in [-0.2, 0) is 14.5 Å². The molecule has 0 saturated carbocycles. The van der Waals surface area contributed by atoms with Gasteiger partial charge in [-0.05, 0) is 30.2 Å². The molecule has 0 heterocycles. The zero-order chi connectivity index (χ0) is 15.2. The molecule has 6 heteroatoms. The molecule has 1 rings (SSSR count). The van der Waals surface area contributed by atoms with Crippen molar-refractivity contribution in [2.24, 2.45) is 4.36 Å². The maximum Gasteiger partial charge on any atom is 0.278 e. The van der Waals surface area contributed by atoms with Gasteiger partial charge in [-0.25, -0.2) is 4.21 Å². The van der Waals surface area contributed by atoms with Crippen LogP contribution in [0.3, 0.4) is 0 Å². The molecule has 1 unspecified atom stereocenters. The van der Waals surface area contributed by atoms with Gasteiger partial charge < -0.3 is 9.84 Å². The summed E-state index contributed by atoms with van der Waals surface area (Å²) in [7, 11) is -1.10. The van der Waals surface area contributed by atoms with Gasteiger partial charge >= 0.3 is 0 Å². The van der Waals surface area contributed by atoms with Crippen molar-refractivity contribution in [3.8, 4) is 5.75 Å². The fourth-order valence-electron chi connectivity index (χ4n) is 1.57. The molecule has 0 aromatic heterocycles. The number of methoxy groups -OCH3 is 1. The summed E-state index contributed by atoms with van der Waals surface area (Å²) in [5.74, 6) is 0.121. The molecule has 0 radical (unpaired) electrons. The SMILES string of the molecule is COc1cccc(/C(C)=C/C(=O)N=S(C)(=O)CCO)c1. The second-order valence-corrected chi connectivity index (χ2v) is 6.89. The van der Waals surface area contributed by atoms with Crippen LogP contribution >= 0.6 is 0 Å². The molecule has 110 valence electrons. The Labute approximate surface area is 119 Å². The lowest BCUT2D eigenvalue weighted by Crippen LogP contribution is -2.09. The summed E-state index contributed by atoms with van der Waals surface area (Å²) in [5.41, 5.74) is 1.54. The number of hydrogen-bond acceptors (Lipinski definition) is 4. The molecule has 5 nitrogen and oxygen atoms in total. The molecule has 0 fully saturated rings. The van der Waals surface area contributed by atoms with Gasteiger partial charge in [0.1, 0.15) is 5.75 Å². The quantitative estimate of drug-likeness (QED) is 0.840. The number of aliphatic hydroxyl groups is 1. The van der Waals surface area contributed by atoms with E-state index in [9.17, 15) is 9.00 Å². The summed E-state index contributed by atoms with van der Waals surface area (Å²) >= 11 is 0. The summed E-state index contributed by atoms with van der Waals surface area (Å²) in [4.78, 5) is 11.7. The first-order valence-corrected chi connectivity index (χ1v) is 8.14. The average Bonchev–Trinajstić information content (AvgIpc) is 2.37. The molecule has 0 aliphatic carbocycles. The third-order valence-electron chi connectivity index (χ3n) is 2.62. The summed E-state index contributed by atoms with van der Waals surface area (Å²) < 4.78 is 20.6. The highest BCUT2D eigenvalue weighted by Crippen LogP contribution is 2.19. The number of benzene rings is 1. The van der Waals surface area contributed by atoms with Crippen LogP contribution in [0.2, 0.25) is 0 Å². The fraction of sp³-hybridized carbons (Fsp3) is 0.357. The Bertz CT molecular complexity index is 628. The van der Waals surface area contributed by atoms with Crippen molar-refractivity contribution >= 4 is 21.2 Å². The molecule has 20 heavy (non-hydrogen) atoms. The van der Waals surface area contributed by atoms with E-state index in [-0.39, 0.29) is 12.4 Å². The smallest absolute Gasteiger partial charge is 0.278 e. The Morgan fingerprint density at radius 1 is 1.50 bits per heavy atom. The molecule has 0 aliphatic rings. The van der Waals surface area contributed by atoms with E-state index in [1.165, 1.54) is 12.3 Å². The van der Waals surface area contributed by atoms with Crippen LogP contribution in [0.4, 0.5) is 0 Å². The molecule has 1 N–H and O–H groups in total. The van der Waals surface area contributed by atoms with Crippen molar-refractivity contribution < 1.29 is 18.8 Å². The second kappa shape index (κ2) is 7.21. The molecular weight excluding hydrogens is 278 g/mol. The number of aliphatic hydroxyl groups excluding tert-OH is 1. The Hall–Kier alpha value is -1.66. The van der Waals surface area contributed by atoms with Crippen molar-refractivity contribution in [2.45, 2.75) is 6.92 Å². The molecule has 1 aromatic rings. The van der Waals surface area contributed by atoms with Crippen LogP contribution in [0.25, 0.3) is 5.57 Å². The topological polar surface area (TPSA) is 76.0 Å².